The van der Waals surface area contributed by atoms with Gasteiger partial charge in [0.1, 0.15) is 11.8 Å². The SMILES string of the molecule is CCc1ccc(OCC(=O)N(Cc2ccc(C)cc2)C(C)C(=O)NC(C)C)c(Br)c1. The van der Waals surface area contributed by atoms with Crippen molar-refractivity contribution in [2.45, 2.75) is 59.7 Å². The fraction of sp³-hybridized carbons (Fsp3) is 0.417. The lowest BCUT2D eigenvalue weighted by molar-refractivity contribution is -0.142. The summed E-state index contributed by atoms with van der Waals surface area (Å²) in [6.07, 6.45) is 0.921. The van der Waals surface area contributed by atoms with E-state index in [1.165, 1.54) is 5.56 Å². The number of benzene rings is 2. The second-order valence-electron chi connectivity index (χ2n) is 7.75. The third-order valence-electron chi connectivity index (χ3n) is 4.83. The molecule has 2 rings (SSSR count). The molecule has 0 saturated heterocycles. The van der Waals surface area contributed by atoms with Crippen molar-refractivity contribution in [2.24, 2.45) is 0 Å². The molecule has 0 aliphatic heterocycles. The first-order valence-electron chi connectivity index (χ1n) is 10.3. The van der Waals surface area contributed by atoms with Crippen molar-refractivity contribution in [2.75, 3.05) is 6.61 Å². The van der Waals surface area contributed by atoms with Crippen molar-refractivity contribution in [1.29, 1.82) is 0 Å². The number of rotatable bonds is 9. The van der Waals surface area contributed by atoms with E-state index >= 15 is 0 Å². The molecule has 1 unspecified atom stereocenters. The summed E-state index contributed by atoms with van der Waals surface area (Å²) in [5.41, 5.74) is 3.29. The van der Waals surface area contributed by atoms with Crippen LogP contribution in [-0.2, 0) is 22.6 Å². The minimum Gasteiger partial charge on any atom is -0.483 e. The van der Waals surface area contributed by atoms with Crippen molar-refractivity contribution in [3.05, 3.63) is 63.6 Å². The highest BCUT2D eigenvalue weighted by molar-refractivity contribution is 9.10. The molecule has 0 aliphatic rings. The number of hydrogen-bond acceptors (Lipinski definition) is 3. The van der Waals surface area contributed by atoms with E-state index in [-0.39, 0.29) is 24.5 Å². The van der Waals surface area contributed by atoms with E-state index in [2.05, 4.69) is 28.2 Å². The predicted octanol–water partition coefficient (Wildman–Crippen LogP) is 4.64. The highest BCUT2D eigenvalue weighted by Crippen LogP contribution is 2.26. The quantitative estimate of drug-likeness (QED) is 0.575. The molecule has 1 atom stereocenters. The zero-order chi connectivity index (χ0) is 22.3. The number of amides is 2. The molecule has 0 bridgehead atoms. The fourth-order valence-corrected chi connectivity index (χ4v) is 3.52. The van der Waals surface area contributed by atoms with E-state index in [1.54, 1.807) is 11.8 Å². The van der Waals surface area contributed by atoms with E-state index in [0.29, 0.717) is 12.3 Å². The molecule has 0 aliphatic carbocycles. The molecule has 0 saturated carbocycles. The summed E-state index contributed by atoms with van der Waals surface area (Å²) < 4.78 is 6.59. The van der Waals surface area contributed by atoms with Crippen LogP contribution in [0.3, 0.4) is 0 Å². The summed E-state index contributed by atoms with van der Waals surface area (Å²) in [7, 11) is 0. The van der Waals surface area contributed by atoms with Gasteiger partial charge in [-0.3, -0.25) is 9.59 Å². The molecule has 0 radical (unpaired) electrons. The maximum absolute atomic E-state index is 13.1. The lowest BCUT2D eigenvalue weighted by Gasteiger charge is -2.29. The predicted molar refractivity (Wildman–Crippen MR) is 123 cm³/mol. The Labute approximate surface area is 187 Å². The number of ether oxygens (including phenoxy) is 1. The lowest BCUT2D eigenvalue weighted by atomic mass is 10.1. The molecule has 0 heterocycles. The van der Waals surface area contributed by atoms with Gasteiger partial charge in [-0.1, -0.05) is 42.8 Å². The van der Waals surface area contributed by atoms with Gasteiger partial charge in [0.25, 0.3) is 5.91 Å². The normalized spacial score (nSPS) is 11.8. The van der Waals surface area contributed by atoms with Crippen LogP contribution in [-0.4, -0.2) is 35.4 Å². The maximum atomic E-state index is 13.1. The maximum Gasteiger partial charge on any atom is 0.261 e. The van der Waals surface area contributed by atoms with Crippen LogP contribution in [0.2, 0.25) is 0 Å². The summed E-state index contributed by atoms with van der Waals surface area (Å²) in [5, 5.41) is 2.89. The third-order valence-corrected chi connectivity index (χ3v) is 5.45. The van der Waals surface area contributed by atoms with Crippen molar-refractivity contribution in [3.8, 4) is 5.75 Å². The molecule has 1 N–H and O–H groups in total. The minimum absolute atomic E-state index is 0.000521. The summed E-state index contributed by atoms with van der Waals surface area (Å²) in [6.45, 7) is 9.84. The molecule has 0 spiro atoms. The van der Waals surface area contributed by atoms with Crippen molar-refractivity contribution in [1.82, 2.24) is 10.2 Å². The largest absolute Gasteiger partial charge is 0.483 e. The van der Waals surface area contributed by atoms with E-state index in [4.69, 9.17) is 4.74 Å². The Morgan fingerprint density at radius 1 is 1.07 bits per heavy atom. The topological polar surface area (TPSA) is 58.6 Å². The van der Waals surface area contributed by atoms with Gasteiger partial charge >= 0.3 is 0 Å². The lowest BCUT2D eigenvalue weighted by Crippen LogP contribution is -2.50. The summed E-state index contributed by atoms with van der Waals surface area (Å²) in [5.74, 6) is 0.183. The van der Waals surface area contributed by atoms with Gasteiger partial charge in [0.15, 0.2) is 6.61 Å². The number of carbonyl (C=O) groups excluding carboxylic acids is 2. The Balaban J connectivity index is 2.16. The Morgan fingerprint density at radius 3 is 2.27 bits per heavy atom. The van der Waals surface area contributed by atoms with Crippen LogP contribution >= 0.6 is 15.9 Å². The standard InChI is InChI=1S/C24H31BrN2O3/c1-6-19-11-12-22(21(25)13-19)30-15-23(28)27(18(5)24(29)26-16(2)3)14-20-9-7-17(4)8-10-20/h7-13,16,18H,6,14-15H2,1-5H3,(H,26,29). The summed E-state index contributed by atoms with van der Waals surface area (Å²) >= 11 is 3.50. The zero-order valence-electron chi connectivity index (χ0n) is 18.4. The van der Waals surface area contributed by atoms with E-state index in [9.17, 15) is 9.59 Å². The van der Waals surface area contributed by atoms with Gasteiger partial charge in [-0.2, -0.15) is 0 Å². The number of carbonyl (C=O) groups is 2. The van der Waals surface area contributed by atoms with E-state index < -0.39 is 6.04 Å². The zero-order valence-corrected chi connectivity index (χ0v) is 20.0. The molecular weight excluding hydrogens is 444 g/mol. The highest BCUT2D eigenvalue weighted by Gasteiger charge is 2.27. The molecule has 162 valence electrons. The highest BCUT2D eigenvalue weighted by atomic mass is 79.9. The van der Waals surface area contributed by atoms with Crippen LogP contribution in [0.15, 0.2) is 46.9 Å². The molecule has 2 aromatic rings. The smallest absolute Gasteiger partial charge is 0.261 e. The fourth-order valence-electron chi connectivity index (χ4n) is 2.98. The summed E-state index contributed by atoms with van der Waals surface area (Å²) in [4.78, 5) is 27.2. The first-order chi connectivity index (χ1) is 14.2. The molecule has 5 nitrogen and oxygen atoms in total. The van der Waals surface area contributed by atoms with Gasteiger partial charge < -0.3 is 15.0 Å². The van der Waals surface area contributed by atoms with Crippen LogP contribution in [0.4, 0.5) is 0 Å². The van der Waals surface area contributed by atoms with Gasteiger partial charge in [0.05, 0.1) is 4.47 Å². The van der Waals surface area contributed by atoms with Crippen LogP contribution in [0.1, 0.15) is 44.4 Å². The number of aryl methyl sites for hydroxylation is 2. The van der Waals surface area contributed by atoms with Crippen LogP contribution in [0.5, 0.6) is 5.75 Å². The van der Waals surface area contributed by atoms with Gasteiger partial charge in [-0.15, -0.1) is 0 Å². The number of nitrogens with one attached hydrogen (secondary N) is 1. The Bertz CT molecular complexity index is 865. The van der Waals surface area contributed by atoms with E-state index in [1.807, 2.05) is 63.2 Å². The van der Waals surface area contributed by atoms with Crippen molar-refractivity contribution < 1.29 is 14.3 Å². The minimum atomic E-state index is -0.615. The molecule has 2 amide bonds. The number of nitrogens with zero attached hydrogens (tertiary/aromatic N) is 1. The molecule has 6 heteroatoms. The first-order valence-corrected chi connectivity index (χ1v) is 11.1. The second kappa shape index (κ2) is 11.2. The van der Waals surface area contributed by atoms with E-state index in [0.717, 1.165) is 22.0 Å². The molecule has 0 aromatic heterocycles. The average molecular weight is 475 g/mol. The monoisotopic (exact) mass is 474 g/mol. The first kappa shape index (κ1) is 23.9. The van der Waals surface area contributed by atoms with Gasteiger partial charge in [-0.05, 0) is 73.3 Å². The van der Waals surface area contributed by atoms with Crippen molar-refractivity contribution in [3.63, 3.8) is 0 Å². The number of halogens is 1. The van der Waals surface area contributed by atoms with Gasteiger partial charge in [-0.25, -0.2) is 0 Å². The van der Waals surface area contributed by atoms with Crippen LogP contribution in [0, 0.1) is 6.92 Å². The van der Waals surface area contributed by atoms with Crippen LogP contribution in [0.25, 0.3) is 0 Å². The van der Waals surface area contributed by atoms with Crippen LogP contribution < -0.4 is 10.1 Å². The molecular formula is C24H31BrN2O3. The Kier molecular flexibility index (Phi) is 8.90. The Hall–Kier alpha value is -2.34. The van der Waals surface area contributed by atoms with Gasteiger partial charge in [0.2, 0.25) is 5.91 Å². The number of hydrogen-bond donors (Lipinski definition) is 1. The van der Waals surface area contributed by atoms with Gasteiger partial charge in [0, 0.05) is 12.6 Å². The second-order valence-corrected chi connectivity index (χ2v) is 8.61. The third kappa shape index (κ3) is 6.87. The Morgan fingerprint density at radius 2 is 1.70 bits per heavy atom. The molecule has 0 fully saturated rings. The summed E-state index contributed by atoms with van der Waals surface area (Å²) in [6, 6.07) is 13.2. The molecule has 30 heavy (non-hydrogen) atoms. The molecule has 2 aromatic carbocycles. The average Bonchev–Trinajstić information content (AvgIpc) is 2.71. The van der Waals surface area contributed by atoms with Crippen molar-refractivity contribution >= 4 is 27.7 Å².